The van der Waals surface area contributed by atoms with Gasteiger partial charge in [0, 0.05) is 19.6 Å². The highest BCUT2D eigenvalue weighted by atomic mass is 127. The summed E-state index contributed by atoms with van der Waals surface area (Å²) >= 11 is 0. The number of aliphatic imine (C=N–C) groups is 1. The fourth-order valence-corrected chi connectivity index (χ4v) is 2.60. The van der Waals surface area contributed by atoms with E-state index in [0.29, 0.717) is 32.0 Å². The van der Waals surface area contributed by atoms with Crippen molar-refractivity contribution in [2.75, 3.05) is 46.9 Å². The van der Waals surface area contributed by atoms with Gasteiger partial charge in [-0.1, -0.05) is 12.1 Å². The van der Waals surface area contributed by atoms with Gasteiger partial charge >= 0.3 is 6.18 Å². The summed E-state index contributed by atoms with van der Waals surface area (Å²) in [6.45, 7) is 5.32. The lowest BCUT2D eigenvalue weighted by atomic mass is 10.1. The van der Waals surface area contributed by atoms with Gasteiger partial charge in [0.05, 0.1) is 13.7 Å². The molecule has 0 aliphatic carbocycles. The molecule has 0 unspecified atom stereocenters. The first kappa shape index (κ1) is 26.8. The van der Waals surface area contributed by atoms with Gasteiger partial charge in [0.25, 0.3) is 0 Å². The van der Waals surface area contributed by atoms with Gasteiger partial charge in [-0.3, -0.25) is 9.89 Å². The maximum atomic E-state index is 12.3. The molecule has 0 fully saturated rings. The first-order chi connectivity index (χ1) is 12.7. The SMILES string of the molecule is CCNC(=NCCCN(C)CC(F)(F)F)NCCc1ccc(C)c(OC)c1.I. The molecule has 162 valence electrons. The van der Waals surface area contributed by atoms with Gasteiger partial charge in [-0.25, -0.2) is 0 Å². The molecule has 0 amide bonds. The van der Waals surface area contributed by atoms with Crippen molar-refractivity contribution in [3.63, 3.8) is 0 Å². The van der Waals surface area contributed by atoms with Crippen LogP contribution < -0.4 is 15.4 Å². The smallest absolute Gasteiger partial charge is 0.401 e. The van der Waals surface area contributed by atoms with Gasteiger partial charge in [0.1, 0.15) is 5.75 Å². The average molecular weight is 516 g/mol. The summed E-state index contributed by atoms with van der Waals surface area (Å²) in [4.78, 5) is 5.69. The molecule has 1 rings (SSSR count). The number of halogens is 4. The van der Waals surface area contributed by atoms with Crippen LogP contribution in [0.4, 0.5) is 13.2 Å². The van der Waals surface area contributed by atoms with Crippen molar-refractivity contribution in [2.24, 2.45) is 4.99 Å². The van der Waals surface area contributed by atoms with Gasteiger partial charge in [-0.2, -0.15) is 13.2 Å². The normalized spacial score (nSPS) is 11.9. The van der Waals surface area contributed by atoms with Crippen molar-refractivity contribution in [1.29, 1.82) is 0 Å². The molecular weight excluding hydrogens is 484 g/mol. The average Bonchev–Trinajstić information content (AvgIpc) is 2.58. The molecular formula is C19H32F3IN4O. The Morgan fingerprint density at radius 1 is 1.25 bits per heavy atom. The Morgan fingerprint density at radius 2 is 1.96 bits per heavy atom. The summed E-state index contributed by atoms with van der Waals surface area (Å²) in [6.07, 6.45) is -2.78. The summed E-state index contributed by atoms with van der Waals surface area (Å²) < 4.78 is 42.2. The molecule has 1 aromatic rings. The lowest BCUT2D eigenvalue weighted by Crippen LogP contribution is -2.38. The van der Waals surface area contributed by atoms with Crippen molar-refractivity contribution in [1.82, 2.24) is 15.5 Å². The van der Waals surface area contributed by atoms with Gasteiger partial charge in [0.2, 0.25) is 0 Å². The van der Waals surface area contributed by atoms with E-state index in [4.69, 9.17) is 4.74 Å². The summed E-state index contributed by atoms with van der Waals surface area (Å²) in [7, 11) is 3.13. The number of guanidine groups is 1. The number of hydrogen-bond acceptors (Lipinski definition) is 3. The maximum absolute atomic E-state index is 12.3. The van der Waals surface area contributed by atoms with Crippen LogP contribution in [-0.2, 0) is 6.42 Å². The largest absolute Gasteiger partial charge is 0.496 e. The van der Waals surface area contributed by atoms with E-state index in [9.17, 15) is 13.2 Å². The molecule has 0 aliphatic rings. The van der Waals surface area contributed by atoms with E-state index in [-0.39, 0.29) is 24.0 Å². The zero-order valence-corrected chi connectivity index (χ0v) is 19.4. The van der Waals surface area contributed by atoms with E-state index in [1.807, 2.05) is 26.0 Å². The second-order valence-electron chi connectivity index (χ2n) is 6.45. The van der Waals surface area contributed by atoms with Crippen LogP contribution in [0.15, 0.2) is 23.2 Å². The molecule has 9 heteroatoms. The zero-order chi connectivity index (χ0) is 20.3. The molecule has 0 aliphatic heterocycles. The molecule has 1 aromatic carbocycles. The maximum Gasteiger partial charge on any atom is 0.401 e. The topological polar surface area (TPSA) is 48.9 Å². The Kier molecular flexibility index (Phi) is 13.3. The molecule has 0 aromatic heterocycles. The number of methoxy groups -OCH3 is 1. The second kappa shape index (κ2) is 13.9. The molecule has 0 saturated carbocycles. The molecule has 0 heterocycles. The van der Waals surface area contributed by atoms with Crippen molar-refractivity contribution < 1.29 is 17.9 Å². The van der Waals surface area contributed by atoms with E-state index in [2.05, 4.69) is 21.7 Å². The first-order valence-electron chi connectivity index (χ1n) is 9.16. The summed E-state index contributed by atoms with van der Waals surface area (Å²) in [6, 6.07) is 6.13. The van der Waals surface area contributed by atoms with E-state index < -0.39 is 12.7 Å². The molecule has 5 nitrogen and oxygen atoms in total. The lowest BCUT2D eigenvalue weighted by molar-refractivity contribution is -0.143. The van der Waals surface area contributed by atoms with E-state index in [1.54, 1.807) is 7.11 Å². The van der Waals surface area contributed by atoms with Crippen LogP contribution in [-0.4, -0.2) is 63.9 Å². The highest BCUT2D eigenvalue weighted by Crippen LogP contribution is 2.19. The Labute approximate surface area is 183 Å². The highest BCUT2D eigenvalue weighted by molar-refractivity contribution is 14.0. The Hall–Kier alpha value is -1.23. The van der Waals surface area contributed by atoms with E-state index >= 15 is 0 Å². The summed E-state index contributed by atoms with van der Waals surface area (Å²) in [5.74, 6) is 1.55. The third kappa shape index (κ3) is 11.6. The van der Waals surface area contributed by atoms with Gasteiger partial charge in [0.15, 0.2) is 5.96 Å². The van der Waals surface area contributed by atoms with Crippen LogP contribution in [0, 0.1) is 6.92 Å². The summed E-state index contributed by atoms with van der Waals surface area (Å²) in [5.41, 5.74) is 2.26. The molecule has 0 radical (unpaired) electrons. The number of alkyl halides is 3. The Morgan fingerprint density at radius 3 is 2.57 bits per heavy atom. The fraction of sp³-hybridized carbons (Fsp3) is 0.632. The van der Waals surface area contributed by atoms with Crippen LogP contribution in [0.1, 0.15) is 24.5 Å². The lowest BCUT2D eigenvalue weighted by Gasteiger charge is -2.18. The van der Waals surface area contributed by atoms with Gasteiger partial charge in [-0.15, -0.1) is 24.0 Å². The van der Waals surface area contributed by atoms with E-state index in [0.717, 1.165) is 29.8 Å². The van der Waals surface area contributed by atoms with E-state index in [1.165, 1.54) is 11.9 Å². The van der Waals surface area contributed by atoms with Crippen LogP contribution in [0.5, 0.6) is 5.75 Å². The van der Waals surface area contributed by atoms with Crippen molar-refractivity contribution >= 4 is 29.9 Å². The highest BCUT2D eigenvalue weighted by Gasteiger charge is 2.28. The Balaban J connectivity index is 0.00000729. The number of nitrogens with one attached hydrogen (secondary N) is 2. The predicted molar refractivity (Wildman–Crippen MR) is 119 cm³/mol. The quantitative estimate of drug-likeness (QED) is 0.216. The van der Waals surface area contributed by atoms with Crippen molar-refractivity contribution in [3.8, 4) is 5.75 Å². The Bertz CT molecular complexity index is 597. The number of aryl methyl sites for hydroxylation is 1. The van der Waals surface area contributed by atoms with Gasteiger partial charge < -0.3 is 15.4 Å². The predicted octanol–water partition coefficient (Wildman–Crippen LogP) is 3.60. The van der Waals surface area contributed by atoms with Crippen LogP contribution >= 0.6 is 24.0 Å². The molecule has 0 bridgehead atoms. The third-order valence-electron chi connectivity index (χ3n) is 3.94. The van der Waals surface area contributed by atoms with Crippen LogP contribution in [0.25, 0.3) is 0 Å². The fourth-order valence-electron chi connectivity index (χ4n) is 2.60. The van der Waals surface area contributed by atoms with Crippen LogP contribution in [0.2, 0.25) is 0 Å². The molecule has 28 heavy (non-hydrogen) atoms. The van der Waals surface area contributed by atoms with Gasteiger partial charge in [-0.05, 0) is 57.5 Å². The molecule has 2 N–H and O–H groups in total. The molecule has 0 spiro atoms. The number of benzene rings is 1. The first-order valence-corrected chi connectivity index (χ1v) is 9.16. The minimum atomic E-state index is -4.16. The standard InChI is InChI=1S/C19H31F3N4O.HI/c1-5-23-18(24-10-6-12-26(3)14-19(20,21)22)25-11-9-16-8-7-15(2)17(13-16)27-4;/h7-8,13H,5-6,9-12,14H2,1-4H3,(H2,23,24,25);1H. The van der Waals surface area contributed by atoms with Crippen molar-refractivity contribution in [2.45, 2.75) is 32.9 Å². The zero-order valence-electron chi connectivity index (χ0n) is 17.0. The molecule has 0 atom stereocenters. The van der Waals surface area contributed by atoms with Crippen LogP contribution in [0.3, 0.4) is 0 Å². The minimum absolute atomic E-state index is 0. The summed E-state index contributed by atoms with van der Waals surface area (Å²) in [5, 5.41) is 6.40. The number of hydrogen-bond donors (Lipinski definition) is 2. The minimum Gasteiger partial charge on any atom is -0.496 e. The third-order valence-corrected chi connectivity index (χ3v) is 3.94. The number of rotatable bonds is 10. The second-order valence-corrected chi connectivity index (χ2v) is 6.45. The molecule has 0 saturated heterocycles. The number of nitrogens with zero attached hydrogens (tertiary/aromatic N) is 2. The monoisotopic (exact) mass is 516 g/mol. The number of ether oxygens (including phenoxy) is 1. The van der Waals surface area contributed by atoms with Crippen molar-refractivity contribution in [3.05, 3.63) is 29.3 Å².